The molecule has 1 unspecified atom stereocenters. The van der Waals surface area contributed by atoms with Gasteiger partial charge >= 0.3 is 5.97 Å². The van der Waals surface area contributed by atoms with Crippen molar-refractivity contribution >= 4 is 21.7 Å². The van der Waals surface area contributed by atoms with E-state index in [0.717, 1.165) is 16.7 Å². The van der Waals surface area contributed by atoms with Crippen molar-refractivity contribution < 1.29 is 27.5 Å². The van der Waals surface area contributed by atoms with Crippen LogP contribution >= 0.6 is 0 Å². The molecule has 1 N–H and O–H groups in total. The summed E-state index contributed by atoms with van der Waals surface area (Å²) < 4.78 is 27.9. The van der Waals surface area contributed by atoms with Crippen LogP contribution in [0.2, 0.25) is 0 Å². The second-order valence-electron chi connectivity index (χ2n) is 5.35. The molecule has 1 aromatic carbocycles. The molecule has 0 aliphatic carbocycles. The molecular weight excluding hydrogens is 334 g/mol. The van der Waals surface area contributed by atoms with E-state index in [-0.39, 0.29) is 17.3 Å². The van der Waals surface area contributed by atoms with Crippen molar-refractivity contribution in [3.63, 3.8) is 0 Å². The van der Waals surface area contributed by atoms with Crippen molar-refractivity contribution in [2.75, 3.05) is 13.3 Å². The number of furan rings is 1. The predicted octanol–water partition coefficient (Wildman–Crippen LogP) is 1.45. The molecule has 8 heteroatoms. The van der Waals surface area contributed by atoms with Crippen molar-refractivity contribution in [2.24, 2.45) is 0 Å². The van der Waals surface area contributed by atoms with Crippen LogP contribution < -0.4 is 0 Å². The van der Waals surface area contributed by atoms with Gasteiger partial charge in [0.2, 0.25) is 14.9 Å². The van der Waals surface area contributed by atoms with Crippen molar-refractivity contribution in [1.82, 2.24) is 4.90 Å². The maximum absolute atomic E-state index is 12.4. The molecule has 7 nitrogen and oxygen atoms in total. The number of carboxylic acid groups (broad SMARTS) is 1. The highest BCUT2D eigenvalue weighted by Gasteiger charge is 2.29. The second-order valence-corrected chi connectivity index (χ2v) is 7.30. The second kappa shape index (κ2) is 6.88. The average Bonchev–Trinajstić information content (AvgIpc) is 3.02. The van der Waals surface area contributed by atoms with Gasteiger partial charge in [0, 0.05) is 19.7 Å². The molecule has 24 heavy (non-hydrogen) atoms. The molecule has 0 saturated carbocycles. The quantitative estimate of drug-likeness (QED) is 0.844. The molecule has 0 spiro atoms. The number of likely N-dealkylation sites (N-methyl/N-ethyl adjacent to an activating group) is 1. The van der Waals surface area contributed by atoms with Crippen molar-refractivity contribution in [1.29, 1.82) is 0 Å². The molecule has 0 fully saturated rings. The Morgan fingerprint density at radius 1 is 1.17 bits per heavy atom. The lowest BCUT2D eigenvalue weighted by atomic mass is 10.0. The number of carbonyl (C=O) groups is 2. The van der Waals surface area contributed by atoms with Crippen LogP contribution in [-0.2, 0) is 21.1 Å². The molecule has 128 valence electrons. The smallest absolute Gasteiger partial charge is 0.326 e. The van der Waals surface area contributed by atoms with E-state index < -0.39 is 27.8 Å². The number of hydrogen-bond donors (Lipinski definition) is 1. The maximum atomic E-state index is 12.4. The third-order valence-electron chi connectivity index (χ3n) is 3.50. The van der Waals surface area contributed by atoms with E-state index in [2.05, 4.69) is 0 Å². The Morgan fingerprint density at radius 2 is 1.79 bits per heavy atom. The standard InChI is InChI=1S/C16H17NO6S/c1-17(12(16(19)20)10-11-6-4-3-5-7-11)15(18)13-8-9-14(23-13)24(2,21)22/h3-9,12H,10H2,1-2H3,(H,19,20). The molecule has 1 heterocycles. The first-order chi connectivity index (χ1) is 11.2. The molecule has 0 aliphatic rings. The van der Waals surface area contributed by atoms with Crippen molar-refractivity contribution in [3.05, 3.63) is 53.8 Å². The van der Waals surface area contributed by atoms with Gasteiger partial charge in [-0.2, -0.15) is 0 Å². The number of amides is 1. The number of sulfone groups is 1. The van der Waals surface area contributed by atoms with Gasteiger partial charge in [0.25, 0.3) is 5.91 Å². The Labute approximate surface area is 139 Å². The molecule has 1 amide bonds. The monoisotopic (exact) mass is 351 g/mol. The van der Waals surface area contributed by atoms with Gasteiger partial charge in [-0.05, 0) is 17.7 Å². The van der Waals surface area contributed by atoms with Crippen molar-refractivity contribution in [3.8, 4) is 0 Å². The highest BCUT2D eigenvalue weighted by atomic mass is 32.2. The SMILES string of the molecule is CN(C(=O)c1ccc(S(C)(=O)=O)o1)C(Cc1ccccc1)C(=O)O. The van der Waals surface area contributed by atoms with E-state index >= 15 is 0 Å². The van der Waals surface area contributed by atoms with E-state index in [1.165, 1.54) is 19.2 Å². The molecule has 2 aromatic rings. The predicted molar refractivity (Wildman–Crippen MR) is 85.5 cm³/mol. The van der Waals surface area contributed by atoms with Crippen LogP contribution in [0, 0.1) is 0 Å². The van der Waals surface area contributed by atoms with Crippen LogP contribution in [0.15, 0.2) is 52.0 Å². The highest BCUT2D eigenvalue weighted by molar-refractivity contribution is 7.90. The van der Waals surface area contributed by atoms with Gasteiger partial charge in [-0.25, -0.2) is 13.2 Å². The van der Waals surface area contributed by atoms with E-state index in [1.807, 2.05) is 6.07 Å². The molecule has 0 saturated heterocycles. The molecule has 1 aromatic heterocycles. The minimum atomic E-state index is -3.58. The summed E-state index contributed by atoms with van der Waals surface area (Å²) in [5.74, 6) is -2.09. The van der Waals surface area contributed by atoms with Crippen LogP contribution in [0.5, 0.6) is 0 Å². The summed E-state index contributed by atoms with van der Waals surface area (Å²) in [6.45, 7) is 0. The van der Waals surface area contributed by atoms with Gasteiger partial charge in [-0.3, -0.25) is 4.79 Å². The van der Waals surface area contributed by atoms with Gasteiger partial charge in [-0.1, -0.05) is 30.3 Å². The number of benzene rings is 1. The maximum Gasteiger partial charge on any atom is 0.326 e. The van der Waals surface area contributed by atoms with Crippen LogP contribution in [0.3, 0.4) is 0 Å². The molecule has 2 rings (SSSR count). The third kappa shape index (κ3) is 4.02. The van der Waals surface area contributed by atoms with E-state index in [0.29, 0.717) is 0 Å². The average molecular weight is 351 g/mol. The summed E-state index contributed by atoms with van der Waals surface area (Å²) in [6, 6.07) is 10.2. The Kier molecular flexibility index (Phi) is 5.08. The molecule has 0 bridgehead atoms. The summed E-state index contributed by atoms with van der Waals surface area (Å²) in [7, 11) is -2.24. The summed E-state index contributed by atoms with van der Waals surface area (Å²) in [4.78, 5) is 24.9. The minimum absolute atomic E-state index is 0.123. The van der Waals surface area contributed by atoms with Gasteiger partial charge in [0.15, 0.2) is 5.76 Å². The van der Waals surface area contributed by atoms with Crippen molar-refractivity contribution in [2.45, 2.75) is 17.6 Å². The Hall–Kier alpha value is -2.61. The lowest BCUT2D eigenvalue weighted by Gasteiger charge is -2.24. The van der Waals surface area contributed by atoms with Crippen LogP contribution in [0.1, 0.15) is 16.1 Å². The molecule has 1 atom stereocenters. The molecule has 0 radical (unpaired) electrons. The number of nitrogens with zero attached hydrogens (tertiary/aromatic N) is 1. The first-order valence-electron chi connectivity index (χ1n) is 7.04. The zero-order valence-electron chi connectivity index (χ0n) is 13.2. The van der Waals surface area contributed by atoms with Gasteiger partial charge < -0.3 is 14.4 Å². The van der Waals surface area contributed by atoms with Gasteiger partial charge in [0.05, 0.1) is 0 Å². The lowest BCUT2D eigenvalue weighted by Crippen LogP contribution is -2.43. The van der Waals surface area contributed by atoms with Crippen LogP contribution in [0.25, 0.3) is 0 Å². The number of rotatable bonds is 6. The number of hydrogen-bond acceptors (Lipinski definition) is 5. The number of carboxylic acids is 1. The zero-order valence-corrected chi connectivity index (χ0v) is 14.0. The van der Waals surface area contributed by atoms with E-state index in [1.54, 1.807) is 24.3 Å². The molecule has 0 aliphatic heterocycles. The van der Waals surface area contributed by atoms with Crippen LogP contribution in [0.4, 0.5) is 0 Å². The summed E-state index contributed by atoms with van der Waals surface area (Å²) in [6.07, 6.45) is 1.08. The summed E-state index contributed by atoms with van der Waals surface area (Å²) in [5, 5.41) is 9.08. The number of carbonyl (C=O) groups excluding carboxylic acids is 1. The Balaban J connectivity index is 2.23. The Bertz CT molecular complexity index is 840. The van der Waals surface area contributed by atoms with Gasteiger partial charge in [-0.15, -0.1) is 0 Å². The molecular formula is C16H17NO6S. The fourth-order valence-corrected chi connectivity index (χ4v) is 2.73. The lowest BCUT2D eigenvalue weighted by molar-refractivity contribution is -0.141. The zero-order chi connectivity index (χ0) is 17.9. The first kappa shape index (κ1) is 17.7. The largest absolute Gasteiger partial charge is 0.480 e. The summed E-state index contributed by atoms with van der Waals surface area (Å²) >= 11 is 0. The van der Waals surface area contributed by atoms with E-state index in [9.17, 15) is 23.1 Å². The Morgan fingerprint density at radius 3 is 2.29 bits per heavy atom. The minimum Gasteiger partial charge on any atom is -0.480 e. The fraction of sp³-hybridized carbons (Fsp3) is 0.250. The number of aliphatic carboxylic acids is 1. The van der Waals surface area contributed by atoms with Crippen LogP contribution in [-0.4, -0.2) is 49.6 Å². The highest BCUT2D eigenvalue weighted by Crippen LogP contribution is 2.17. The van der Waals surface area contributed by atoms with Gasteiger partial charge in [0.1, 0.15) is 6.04 Å². The van der Waals surface area contributed by atoms with E-state index in [4.69, 9.17) is 4.42 Å². The fourth-order valence-electron chi connectivity index (χ4n) is 2.18. The summed E-state index contributed by atoms with van der Waals surface area (Å²) in [5.41, 5.74) is 0.765. The first-order valence-corrected chi connectivity index (χ1v) is 8.93. The normalized spacial score (nSPS) is 12.6. The third-order valence-corrected chi connectivity index (χ3v) is 4.45. The topological polar surface area (TPSA) is 105 Å².